The highest BCUT2D eigenvalue weighted by Crippen LogP contribution is 2.49. The van der Waals surface area contributed by atoms with Crippen molar-refractivity contribution >= 4 is 11.6 Å². The lowest BCUT2D eigenvalue weighted by molar-refractivity contribution is -0.479. The largest absolute Gasteiger partial charge is 0.848 e. The third-order valence-electron chi connectivity index (χ3n) is 9.10. The number of para-hydroxylation sites is 1. The lowest BCUT2D eigenvalue weighted by Crippen LogP contribution is -2.59. The van der Waals surface area contributed by atoms with Crippen molar-refractivity contribution in [1.29, 1.82) is 0 Å². The number of anilines is 1. The van der Waals surface area contributed by atoms with Crippen molar-refractivity contribution in [2.24, 2.45) is 5.92 Å². The maximum atomic E-state index is 13.5. The molecule has 9 atom stereocenters. The van der Waals surface area contributed by atoms with E-state index in [0.29, 0.717) is 33.5 Å². The predicted octanol–water partition coefficient (Wildman–Crippen LogP) is 2.27. The third-order valence-corrected chi connectivity index (χ3v) is 9.10. The minimum absolute atomic E-state index is 0.126. The Morgan fingerprint density at radius 1 is 0.872 bits per heavy atom. The number of ether oxygens (including phenoxy) is 1. The zero-order valence-electron chi connectivity index (χ0n) is 25.1. The van der Waals surface area contributed by atoms with Gasteiger partial charge in [0.1, 0.15) is 23.8 Å². The van der Waals surface area contributed by atoms with Gasteiger partial charge in [0.2, 0.25) is 5.91 Å². The minimum Gasteiger partial charge on any atom is -0.848 e. The number of phenolic OH excluding ortho intramolecular Hbond substituents is 1. The molecule has 0 saturated carbocycles. The van der Waals surface area contributed by atoms with Gasteiger partial charge in [0.05, 0.1) is 43.0 Å². The summed E-state index contributed by atoms with van der Waals surface area (Å²) >= 11 is 0. The van der Waals surface area contributed by atoms with Crippen LogP contribution in [-0.2, 0) is 9.53 Å². The fraction of sp³-hybridized carbons (Fsp3) is 0.306. The SMILES string of the molecule is O=C1[C@H]([C@H](O)C[C@H](O)c2ccc(F)cc2)[C@@H](c2ccc(-c3ccc(C4O[C@H](CO)[C@@H](O)[C@H](O)[C@H]4[O-])cc3)cc2O)N1c1ccccc1. The number of hydrogen-bond acceptors (Lipinski definition) is 9. The molecule has 2 aliphatic rings. The number of β-lactam (4-membered cyclic amide) rings is 1. The number of halogens is 1. The summed E-state index contributed by atoms with van der Waals surface area (Å²) in [7, 11) is 0. The lowest BCUT2D eigenvalue weighted by Gasteiger charge is -2.49. The molecule has 47 heavy (non-hydrogen) atoms. The van der Waals surface area contributed by atoms with E-state index in [-0.39, 0.29) is 18.1 Å². The number of benzene rings is 4. The van der Waals surface area contributed by atoms with Gasteiger partial charge in [-0.15, -0.1) is 0 Å². The Morgan fingerprint density at radius 2 is 1.53 bits per heavy atom. The molecule has 2 aliphatic heterocycles. The van der Waals surface area contributed by atoms with E-state index in [1.54, 1.807) is 66.7 Å². The van der Waals surface area contributed by atoms with E-state index in [1.165, 1.54) is 35.2 Å². The van der Waals surface area contributed by atoms with Crippen LogP contribution < -0.4 is 10.0 Å². The Hall–Kier alpha value is -4.20. The Balaban J connectivity index is 1.25. The van der Waals surface area contributed by atoms with Crippen LogP contribution in [0.3, 0.4) is 0 Å². The Morgan fingerprint density at radius 3 is 2.17 bits per heavy atom. The lowest BCUT2D eigenvalue weighted by atomic mass is 9.76. The van der Waals surface area contributed by atoms with Gasteiger partial charge in [-0.2, -0.15) is 0 Å². The first-order valence-electron chi connectivity index (χ1n) is 15.3. The standard InChI is InChI=1S/C36H35FNO9/c37-23-13-10-20(11-14-23)26(40)17-28(42)30-31(38(36(30)46)24-4-2-1-3-5-24)25-15-12-22(16-27(25)41)19-6-8-21(9-7-19)35-34(45)33(44)32(43)29(18-39)47-35/h1-16,26,28-35,39-44H,17-18H2/q-1/t26-,28+,29+,30+,31+,32+,33-,34+,35?/m0/s1. The van der Waals surface area contributed by atoms with Crippen molar-refractivity contribution in [3.63, 3.8) is 0 Å². The molecule has 1 unspecified atom stereocenters. The average molecular weight is 645 g/mol. The first-order valence-corrected chi connectivity index (χ1v) is 15.3. The molecule has 6 N–H and O–H groups in total. The van der Waals surface area contributed by atoms with Crippen LogP contribution in [0.5, 0.6) is 5.75 Å². The molecule has 2 heterocycles. The van der Waals surface area contributed by atoms with Crippen molar-refractivity contribution in [1.82, 2.24) is 0 Å². The molecule has 0 aromatic heterocycles. The molecule has 10 nitrogen and oxygen atoms in total. The molecule has 0 aliphatic carbocycles. The number of nitrogens with zero attached hydrogens (tertiary/aromatic N) is 1. The van der Waals surface area contributed by atoms with Crippen molar-refractivity contribution in [3.8, 4) is 16.9 Å². The van der Waals surface area contributed by atoms with E-state index in [9.17, 15) is 44.9 Å². The number of rotatable bonds is 9. The number of hydrogen-bond donors (Lipinski definition) is 6. The van der Waals surface area contributed by atoms with Crippen LogP contribution in [-0.4, -0.2) is 73.7 Å². The Bertz CT molecular complexity index is 1690. The molecule has 0 bridgehead atoms. The van der Waals surface area contributed by atoms with Crippen molar-refractivity contribution in [2.45, 2.75) is 55.2 Å². The normalized spacial score (nSPS) is 27.3. The summed E-state index contributed by atoms with van der Waals surface area (Å²) in [6, 6.07) is 25.0. The van der Waals surface area contributed by atoms with Crippen LogP contribution in [0.2, 0.25) is 0 Å². The fourth-order valence-electron chi connectivity index (χ4n) is 6.49. The number of amides is 1. The van der Waals surface area contributed by atoms with Gasteiger partial charge in [-0.25, -0.2) is 4.39 Å². The number of aromatic hydroxyl groups is 1. The maximum Gasteiger partial charge on any atom is 0.235 e. The molecular weight excluding hydrogens is 609 g/mol. The van der Waals surface area contributed by atoms with Gasteiger partial charge in [-0.05, 0) is 52.6 Å². The van der Waals surface area contributed by atoms with Crippen LogP contribution >= 0.6 is 0 Å². The Kier molecular flexibility index (Phi) is 9.40. The molecule has 6 rings (SSSR count). The van der Waals surface area contributed by atoms with Crippen molar-refractivity contribution in [3.05, 3.63) is 120 Å². The average Bonchev–Trinajstić information content (AvgIpc) is 3.07. The highest BCUT2D eigenvalue weighted by atomic mass is 19.1. The number of aliphatic hydroxyl groups excluding tert-OH is 5. The predicted molar refractivity (Wildman–Crippen MR) is 166 cm³/mol. The summed E-state index contributed by atoms with van der Waals surface area (Å²) in [6.45, 7) is -0.563. The molecule has 1 amide bonds. The summed E-state index contributed by atoms with van der Waals surface area (Å²) in [6.07, 6.45) is -9.59. The molecule has 0 radical (unpaired) electrons. The first kappa shape index (κ1) is 32.7. The second-order valence-electron chi connectivity index (χ2n) is 12.0. The van der Waals surface area contributed by atoms with E-state index >= 15 is 0 Å². The molecule has 0 spiro atoms. The minimum atomic E-state index is -1.67. The zero-order valence-corrected chi connectivity index (χ0v) is 25.1. The zero-order chi connectivity index (χ0) is 33.4. The molecular formula is C36H35FNO9-. The molecule has 2 saturated heterocycles. The highest BCUT2D eigenvalue weighted by molar-refractivity contribution is 6.04. The van der Waals surface area contributed by atoms with Gasteiger partial charge in [-0.3, -0.25) is 4.79 Å². The van der Waals surface area contributed by atoms with E-state index in [0.717, 1.165) is 0 Å². The van der Waals surface area contributed by atoms with Crippen LogP contribution in [0.4, 0.5) is 10.1 Å². The van der Waals surface area contributed by atoms with Crippen LogP contribution in [0.25, 0.3) is 11.1 Å². The van der Waals surface area contributed by atoms with Gasteiger partial charge in [0.15, 0.2) is 0 Å². The van der Waals surface area contributed by atoms with Gasteiger partial charge >= 0.3 is 0 Å². The van der Waals surface area contributed by atoms with Crippen LogP contribution in [0, 0.1) is 11.7 Å². The van der Waals surface area contributed by atoms with E-state index in [1.807, 2.05) is 0 Å². The number of carbonyl (C=O) groups is 1. The summed E-state index contributed by atoms with van der Waals surface area (Å²) in [5, 5.41) is 75.6. The smallest absolute Gasteiger partial charge is 0.235 e. The summed E-state index contributed by atoms with van der Waals surface area (Å²) in [4.78, 5) is 15.0. The summed E-state index contributed by atoms with van der Waals surface area (Å²) in [5.74, 6) is -1.94. The molecule has 4 aromatic rings. The van der Waals surface area contributed by atoms with Crippen LogP contribution in [0.15, 0.2) is 97.1 Å². The third kappa shape index (κ3) is 6.27. The fourth-order valence-corrected chi connectivity index (χ4v) is 6.49. The second kappa shape index (κ2) is 13.5. The van der Waals surface area contributed by atoms with Crippen LogP contribution in [0.1, 0.15) is 41.4 Å². The van der Waals surface area contributed by atoms with Gasteiger partial charge in [-0.1, -0.05) is 72.8 Å². The second-order valence-corrected chi connectivity index (χ2v) is 12.0. The van der Waals surface area contributed by atoms with E-state index in [2.05, 4.69) is 0 Å². The first-order chi connectivity index (χ1) is 22.6. The number of aliphatic hydroxyl groups is 5. The molecule has 246 valence electrons. The van der Waals surface area contributed by atoms with Gasteiger partial charge in [0.25, 0.3) is 0 Å². The molecule has 11 heteroatoms. The molecule has 2 fully saturated rings. The highest BCUT2D eigenvalue weighted by Gasteiger charge is 2.53. The van der Waals surface area contributed by atoms with Crippen molar-refractivity contribution in [2.75, 3.05) is 11.5 Å². The Labute approximate surface area is 270 Å². The van der Waals surface area contributed by atoms with Crippen molar-refractivity contribution < 1.29 is 49.7 Å². The molecule has 4 aromatic carbocycles. The number of phenols is 1. The summed E-state index contributed by atoms with van der Waals surface area (Å²) in [5.41, 5.74) is 3.11. The monoisotopic (exact) mass is 644 g/mol. The van der Waals surface area contributed by atoms with E-state index < -0.39 is 67.1 Å². The van der Waals surface area contributed by atoms with Gasteiger partial charge in [0, 0.05) is 17.7 Å². The van der Waals surface area contributed by atoms with Gasteiger partial charge < -0.3 is 45.4 Å². The maximum absolute atomic E-state index is 13.5. The topological polar surface area (TPSA) is 174 Å². The quantitative estimate of drug-likeness (QED) is 0.149. The summed E-state index contributed by atoms with van der Waals surface area (Å²) < 4.78 is 19.0. The van der Waals surface area contributed by atoms with E-state index in [4.69, 9.17) is 4.74 Å². The number of carbonyl (C=O) groups excluding carboxylic acids is 1.